The van der Waals surface area contributed by atoms with Gasteiger partial charge in [-0.2, -0.15) is 26.3 Å². The molecule has 134 valence electrons. The van der Waals surface area contributed by atoms with E-state index in [4.69, 9.17) is 0 Å². The molecule has 0 amide bonds. The van der Waals surface area contributed by atoms with Crippen LogP contribution in [0.15, 0.2) is 24.4 Å². The molecule has 0 spiro atoms. The first-order valence-electron chi connectivity index (χ1n) is 7.31. The lowest BCUT2D eigenvalue weighted by atomic mass is 9.96. The van der Waals surface area contributed by atoms with E-state index in [0.29, 0.717) is 4.88 Å². The first kappa shape index (κ1) is 18.0. The van der Waals surface area contributed by atoms with E-state index in [1.807, 2.05) is 0 Å². The highest BCUT2D eigenvalue weighted by atomic mass is 32.1. The molecule has 0 bridgehead atoms. The quantitative estimate of drug-likeness (QED) is 0.594. The fourth-order valence-electron chi connectivity index (χ4n) is 3.02. The number of aromatic nitrogens is 1. The maximum atomic E-state index is 14.5. The van der Waals surface area contributed by atoms with E-state index in [1.54, 1.807) is 6.92 Å². The predicted octanol–water partition coefficient (Wildman–Crippen LogP) is 5.90. The highest BCUT2D eigenvalue weighted by Crippen LogP contribution is 2.65. The van der Waals surface area contributed by atoms with Crippen molar-refractivity contribution in [1.29, 1.82) is 0 Å². The Labute approximate surface area is 144 Å². The standard InChI is InChI=1S/C17H13F6NS/c1-8-5-4-6-24-14(8)13-12(11-7-9(2)25-10(11)3)15(18,19)17(22,23)16(13,20)21/h4-7H,1-3H3. The highest BCUT2D eigenvalue weighted by Gasteiger charge is 2.80. The fourth-order valence-corrected chi connectivity index (χ4v) is 3.95. The van der Waals surface area contributed by atoms with Crippen LogP contribution < -0.4 is 0 Å². The summed E-state index contributed by atoms with van der Waals surface area (Å²) in [4.78, 5) is 4.53. The summed E-state index contributed by atoms with van der Waals surface area (Å²) in [6, 6.07) is 4.02. The van der Waals surface area contributed by atoms with Gasteiger partial charge in [-0.1, -0.05) is 6.07 Å². The monoisotopic (exact) mass is 377 g/mol. The van der Waals surface area contributed by atoms with Crippen molar-refractivity contribution in [3.05, 3.63) is 51.0 Å². The van der Waals surface area contributed by atoms with Gasteiger partial charge in [-0.05, 0) is 44.0 Å². The molecule has 0 aromatic carbocycles. The lowest BCUT2D eigenvalue weighted by Gasteiger charge is -2.25. The minimum Gasteiger partial charge on any atom is -0.256 e. The van der Waals surface area contributed by atoms with E-state index < -0.39 is 34.6 Å². The maximum Gasteiger partial charge on any atom is 0.380 e. The average molecular weight is 377 g/mol. The Hall–Kier alpha value is -1.83. The molecule has 0 aliphatic heterocycles. The minimum absolute atomic E-state index is 0.118. The molecule has 25 heavy (non-hydrogen) atoms. The number of pyridine rings is 1. The second-order valence-electron chi connectivity index (χ2n) is 5.97. The molecular weight excluding hydrogens is 364 g/mol. The third-order valence-corrected chi connectivity index (χ3v) is 5.19. The molecule has 0 radical (unpaired) electrons. The van der Waals surface area contributed by atoms with Crippen LogP contribution in [0.1, 0.15) is 26.6 Å². The Morgan fingerprint density at radius 2 is 1.52 bits per heavy atom. The van der Waals surface area contributed by atoms with Gasteiger partial charge in [0.25, 0.3) is 0 Å². The number of alkyl halides is 6. The van der Waals surface area contributed by atoms with Crippen LogP contribution in [0.4, 0.5) is 26.3 Å². The molecule has 1 aliphatic rings. The lowest BCUT2D eigenvalue weighted by Crippen LogP contribution is -2.49. The van der Waals surface area contributed by atoms with Crippen LogP contribution in [0, 0.1) is 20.8 Å². The van der Waals surface area contributed by atoms with Gasteiger partial charge >= 0.3 is 17.8 Å². The molecule has 0 atom stereocenters. The smallest absolute Gasteiger partial charge is 0.256 e. The summed E-state index contributed by atoms with van der Waals surface area (Å²) in [5.41, 5.74) is -3.45. The van der Waals surface area contributed by atoms with Gasteiger partial charge in [-0.25, -0.2) is 0 Å². The van der Waals surface area contributed by atoms with Crippen molar-refractivity contribution in [2.24, 2.45) is 0 Å². The number of hydrogen-bond acceptors (Lipinski definition) is 2. The van der Waals surface area contributed by atoms with E-state index in [2.05, 4.69) is 4.98 Å². The van der Waals surface area contributed by atoms with Crippen molar-refractivity contribution in [3.63, 3.8) is 0 Å². The number of allylic oxidation sites excluding steroid dienone is 2. The molecule has 3 rings (SSSR count). The van der Waals surface area contributed by atoms with Crippen molar-refractivity contribution in [2.45, 2.75) is 38.5 Å². The molecule has 2 heterocycles. The number of nitrogens with zero attached hydrogens (tertiary/aromatic N) is 1. The van der Waals surface area contributed by atoms with E-state index in [-0.39, 0.29) is 16.0 Å². The number of thiophene rings is 1. The first-order chi connectivity index (χ1) is 11.4. The zero-order chi connectivity index (χ0) is 18.8. The van der Waals surface area contributed by atoms with Gasteiger partial charge in [0.2, 0.25) is 0 Å². The summed E-state index contributed by atoms with van der Waals surface area (Å²) < 4.78 is 86.2. The second-order valence-corrected chi connectivity index (χ2v) is 7.43. The molecular formula is C17H13F6NS. The van der Waals surface area contributed by atoms with Crippen molar-refractivity contribution in [2.75, 3.05) is 0 Å². The zero-order valence-electron chi connectivity index (χ0n) is 13.4. The summed E-state index contributed by atoms with van der Waals surface area (Å²) in [5.74, 6) is -15.6. The summed E-state index contributed by atoms with van der Waals surface area (Å²) in [6.45, 7) is 4.40. The molecule has 8 heteroatoms. The van der Waals surface area contributed by atoms with Gasteiger partial charge in [0.1, 0.15) is 0 Å². The minimum atomic E-state index is -5.54. The van der Waals surface area contributed by atoms with Gasteiger partial charge in [0.05, 0.1) is 11.3 Å². The Kier molecular flexibility index (Phi) is 3.83. The third-order valence-electron chi connectivity index (χ3n) is 4.22. The van der Waals surface area contributed by atoms with E-state index in [1.165, 1.54) is 32.0 Å². The fraction of sp³-hybridized carbons (Fsp3) is 0.353. The maximum absolute atomic E-state index is 14.5. The zero-order valence-corrected chi connectivity index (χ0v) is 14.2. The molecule has 0 fully saturated rings. The van der Waals surface area contributed by atoms with Gasteiger partial charge in [-0.15, -0.1) is 11.3 Å². The van der Waals surface area contributed by atoms with Gasteiger partial charge in [-0.3, -0.25) is 4.98 Å². The van der Waals surface area contributed by atoms with Crippen LogP contribution in [0.3, 0.4) is 0 Å². The topological polar surface area (TPSA) is 12.9 Å². The van der Waals surface area contributed by atoms with Crippen molar-refractivity contribution >= 4 is 22.5 Å². The Bertz CT molecular complexity index is 881. The lowest BCUT2D eigenvalue weighted by molar-refractivity contribution is -0.254. The van der Waals surface area contributed by atoms with Gasteiger partial charge < -0.3 is 0 Å². The SMILES string of the molecule is Cc1cc(C2=C(c3ncccc3C)C(F)(F)C(F)(F)C2(F)F)c(C)s1. The predicted molar refractivity (Wildman–Crippen MR) is 84.4 cm³/mol. The summed E-state index contributed by atoms with van der Waals surface area (Å²) >= 11 is 1.08. The molecule has 2 aromatic rings. The molecule has 1 nitrogen and oxygen atoms in total. The molecule has 0 N–H and O–H groups in total. The molecule has 2 aromatic heterocycles. The summed E-state index contributed by atoms with van der Waals surface area (Å²) in [5, 5.41) is 0. The molecule has 0 saturated heterocycles. The highest BCUT2D eigenvalue weighted by molar-refractivity contribution is 7.12. The first-order valence-corrected chi connectivity index (χ1v) is 8.12. The van der Waals surface area contributed by atoms with E-state index in [9.17, 15) is 26.3 Å². The summed E-state index contributed by atoms with van der Waals surface area (Å²) in [6.07, 6.45) is 1.11. The van der Waals surface area contributed by atoms with Crippen LogP contribution in [0.25, 0.3) is 11.1 Å². The molecule has 0 saturated carbocycles. The molecule has 1 aliphatic carbocycles. The number of rotatable bonds is 2. The number of aryl methyl sites for hydroxylation is 3. The van der Waals surface area contributed by atoms with Crippen molar-refractivity contribution in [1.82, 2.24) is 4.98 Å². The molecule has 0 unspecified atom stereocenters. The van der Waals surface area contributed by atoms with Gasteiger partial charge in [0.15, 0.2) is 0 Å². The largest absolute Gasteiger partial charge is 0.380 e. The normalized spacial score (nSPS) is 21.0. The van der Waals surface area contributed by atoms with Crippen LogP contribution in [-0.4, -0.2) is 22.8 Å². The Balaban J connectivity index is 2.46. The Morgan fingerprint density at radius 1 is 0.920 bits per heavy atom. The Morgan fingerprint density at radius 3 is 2.04 bits per heavy atom. The van der Waals surface area contributed by atoms with Crippen molar-refractivity contribution < 1.29 is 26.3 Å². The van der Waals surface area contributed by atoms with Gasteiger partial charge in [0, 0.05) is 21.5 Å². The van der Waals surface area contributed by atoms with E-state index in [0.717, 1.165) is 17.5 Å². The van der Waals surface area contributed by atoms with E-state index >= 15 is 0 Å². The van der Waals surface area contributed by atoms with Crippen LogP contribution >= 0.6 is 11.3 Å². The van der Waals surface area contributed by atoms with Crippen LogP contribution in [-0.2, 0) is 0 Å². The number of hydrogen-bond donors (Lipinski definition) is 0. The van der Waals surface area contributed by atoms with Crippen LogP contribution in [0.2, 0.25) is 0 Å². The summed E-state index contributed by atoms with van der Waals surface area (Å²) in [7, 11) is 0. The van der Waals surface area contributed by atoms with Crippen LogP contribution in [0.5, 0.6) is 0 Å². The average Bonchev–Trinajstić information content (AvgIpc) is 2.87. The second kappa shape index (κ2) is 5.33. The number of halogens is 6. The van der Waals surface area contributed by atoms with Crippen molar-refractivity contribution in [3.8, 4) is 0 Å². The third kappa shape index (κ3) is 2.26.